The van der Waals surface area contributed by atoms with Gasteiger partial charge in [0.05, 0.1) is 6.61 Å². The molecule has 0 amide bonds. The van der Waals surface area contributed by atoms with Gasteiger partial charge in [0.25, 0.3) is 0 Å². The van der Waals surface area contributed by atoms with Crippen molar-refractivity contribution in [2.45, 2.75) is 37.8 Å². The Balaban J connectivity index is 1.56. The second kappa shape index (κ2) is 6.88. The first-order chi connectivity index (χ1) is 10.3. The SMILES string of the molecule is OC[C@@H](Cc1ccccc1)NCc1cccc(C2CC2)c1. The molecule has 0 heterocycles. The zero-order chi connectivity index (χ0) is 14.5. The van der Waals surface area contributed by atoms with E-state index in [9.17, 15) is 5.11 Å². The highest BCUT2D eigenvalue weighted by molar-refractivity contribution is 5.29. The van der Waals surface area contributed by atoms with Gasteiger partial charge < -0.3 is 10.4 Å². The summed E-state index contributed by atoms with van der Waals surface area (Å²) in [4.78, 5) is 0. The van der Waals surface area contributed by atoms with E-state index in [1.807, 2.05) is 18.2 Å². The van der Waals surface area contributed by atoms with Crippen LogP contribution in [-0.4, -0.2) is 17.8 Å². The quantitative estimate of drug-likeness (QED) is 0.816. The summed E-state index contributed by atoms with van der Waals surface area (Å²) in [7, 11) is 0. The summed E-state index contributed by atoms with van der Waals surface area (Å²) in [6.07, 6.45) is 3.54. The Bertz CT molecular complexity index is 563. The van der Waals surface area contributed by atoms with Crippen LogP contribution < -0.4 is 5.32 Å². The molecule has 2 aromatic carbocycles. The smallest absolute Gasteiger partial charge is 0.0587 e. The Morgan fingerprint density at radius 3 is 2.48 bits per heavy atom. The zero-order valence-corrected chi connectivity index (χ0v) is 12.3. The fourth-order valence-corrected chi connectivity index (χ4v) is 2.74. The Kier molecular flexibility index (Phi) is 4.69. The minimum atomic E-state index is 0.108. The van der Waals surface area contributed by atoms with Crippen molar-refractivity contribution in [3.05, 3.63) is 71.3 Å². The molecule has 21 heavy (non-hydrogen) atoms. The molecule has 1 fully saturated rings. The maximum absolute atomic E-state index is 9.56. The zero-order valence-electron chi connectivity index (χ0n) is 12.3. The molecule has 1 aliphatic rings. The lowest BCUT2D eigenvalue weighted by Crippen LogP contribution is -2.34. The van der Waals surface area contributed by atoms with Crippen molar-refractivity contribution in [2.24, 2.45) is 0 Å². The minimum Gasteiger partial charge on any atom is -0.395 e. The Morgan fingerprint density at radius 2 is 1.76 bits per heavy atom. The number of nitrogens with one attached hydrogen (secondary N) is 1. The van der Waals surface area contributed by atoms with E-state index in [0.717, 1.165) is 18.9 Å². The average molecular weight is 281 g/mol. The number of aliphatic hydroxyl groups is 1. The van der Waals surface area contributed by atoms with Crippen LogP contribution in [0.4, 0.5) is 0 Å². The van der Waals surface area contributed by atoms with E-state index in [0.29, 0.717) is 0 Å². The second-order valence-corrected chi connectivity index (χ2v) is 5.97. The molecule has 2 nitrogen and oxygen atoms in total. The molecular formula is C19H23NO. The molecule has 0 spiro atoms. The van der Waals surface area contributed by atoms with Crippen LogP contribution in [0.2, 0.25) is 0 Å². The van der Waals surface area contributed by atoms with Crippen molar-refractivity contribution in [3.8, 4) is 0 Å². The van der Waals surface area contributed by atoms with Crippen LogP contribution in [0, 0.1) is 0 Å². The summed E-state index contributed by atoms with van der Waals surface area (Å²) in [5.74, 6) is 0.794. The van der Waals surface area contributed by atoms with Crippen molar-refractivity contribution < 1.29 is 5.11 Å². The first-order valence-corrected chi connectivity index (χ1v) is 7.82. The molecule has 0 saturated heterocycles. The highest BCUT2D eigenvalue weighted by Gasteiger charge is 2.23. The maximum atomic E-state index is 9.56. The van der Waals surface area contributed by atoms with Gasteiger partial charge in [-0.15, -0.1) is 0 Å². The maximum Gasteiger partial charge on any atom is 0.0587 e. The topological polar surface area (TPSA) is 32.3 Å². The van der Waals surface area contributed by atoms with Gasteiger partial charge in [-0.05, 0) is 41.9 Å². The Labute approximate surface area is 126 Å². The summed E-state index contributed by atoms with van der Waals surface area (Å²) in [6.45, 7) is 0.982. The van der Waals surface area contributed by atoms with Crippen LogP contribution >= 0.6 is 0 Å². The second-order valence-electron chi connectivity index (χ2n) is 5.97. The summed E-state index contributed by atoms with van der Waals surface area (Å²) >= 11 is 0. The Hall–Kier alpha value is -1.64. The summed E-state index contributed by atoms with van der Waals surface area (Å²) in [5, 5.41) is 13.0. The van der Waals surface area contributed by atoms with Gasteiger partial charge in [-0.2, -0.15) is 0 Å². The molecule has 1 atom stereocenters. The molecule has 110 valence electrons. The molecule has 2 heteroatoms. The van der Waals surface area contributed by atoms with Crippen molar-refractivity contribution in [3.63, 3.8) is 0 Å². The molecule has 1 aliphatic carbocycles. The van der Waals surface area contributed by atoms with Crippen LogP contribution in [0.3, 0.4) is 0 Å². The highest BCUT2D eigenvalue weighted by Crippen LogP contribution is 2.40. The largest absolute Gasteiger partial charge is 0.395 e. The average Bonchev–Trinajstić information content (AvgIpc) is 3.37. The highest BCUT2D eigenvalue weighted by atomic mass is 16.3. The van der Waals surface area contributed by atoms with Gasteiger partial charge in [-0.25, -0.2) is 0 Å². The number of hydrogen-bond acceptors (Lipinski definition) is 2. The minimum absolute atomic E-state index is 0.108. The van der Waals surface area contributed by atoms with Gasteiger partial charge in [-0.3, -0.25) is 0 Å². The summed E-state index contributed by atoms with van der Waals surface area (Å²) < 4.78 is 0. The predicted octanol–water partition coefficient (Wildman–Crippen LogP) is 3.26. The van der Waals surface area contributed by atoms with E-state index in [1.54, 1.807) is 0 Å². The summed E-state index contributed by atoms with van der Waals surface area (Å²) in [6, 6.07) is 19.3. The van der Waals surface area contributed by atoms with Gasteiger partial charge in [0.1, 0.15) is 0 Å². The lowest BCUT2D eigenvalue weighted by Gasteiger charge is -2.17. The van der Waals surface area contributed by atoms with Crippen LogP contribution in [-0.2, 0) is 13.0 Å². The molecule has 1 saturated carbocycles. The van der Waals surface area contributed by atoms with Crippen molar-refractivity contribution >= 4 is 0 Å². The van der Waals surface area contributed by atoms with E-state index in [4.69, 9.17) is 0 Å². The third-order valence-electron chi connectivity index (χ3n) is 4.14. The van der Waals surface area contributed by atoms with Crippen molar-refractivity contribution in [1.82, 2.24) is 5.32 Å². The van der Waals surface area contributed by atoms with Crippen molar-refractivity contribution in [2.75, 3.05) is 6.61 Å². The fraction of sp³-hybridized carbons (Fsp3) is 0.368. The van der Waals surface area contributed by atoms with Crippen LogP contribution in [0.1, 0.15) is 35.4 Å². The third-order valence-corrected chi connectivity index (χ3v) is 4.14. The first-order valence-electron chi connectivity index (χ1n) is 7.82. The molecule has 2 aromatic rings. The number of aliphatic hydroxyl groups excluding tert-OH is 1. The van der Waals surface area contributed by atoms with Gasteiger partial charge in [0.2, 0.25) is 0 Å². The molecule has 0 radical (unpaired) electrons. The van der Waals surface area contributed by atoms with E-state index in [-0.39, 0.29) is 12.6 Å². The Morgan fingerprint density at radius 1 is 1.00 bits per heavy atom. The van der Waals surface area contributed by atoms with E-state index < -0.39 is 0 Å². The molecule has 0 unspecified atom stereocenters. The van der Waals surface area contributed by atoms with Crippen molar-refractivity contribution in [1.29, 1.82) is 0 Å². The number of rotatable bonds is 7. The molecule has 0 bridgehead atoms. The molecular weight excluding hydrogens is 258 g/mol. The molecule has 3 rings (SSSR count). The van der Waals surface area contributed by atoms with E-state index >= 15 is 0 Å². The lowest BCUT2D eigenvalue weighted by molar-refractivity contribution is 0.241. The normalized spacial score (nSPS) is 15.9. The molecule has 0 aliphatic heterocycles. The third kappa shape index (κ3) is 4.16. The van der Waals surface area contributed by atoms with E-state index in [2.05, 4.69) is 41.7 Å². The van der Waals surface area contributed by atoms with Gasteiger partial charge >= 0.3 is 0 Å². The first kappa shape index (κ1) is 14.3. The standard InChI is InChI=1S/C19H23NO/c21-14-19(12-15-5-2-1-3-6-15)20-13-16-7-4-8-18(11-16)17-9-10-17/h1-8,11,17,19-21H,9-10,12-14H2/t19-/m1/s1. The molecule has 2 N–H and O–H groups in total. The molecule has 0 aromatic heterocycles. The van der Waals surface area contributed by atoms with E-state index in [1.165, 1.54) is 29.5 Å². The fourth-order valence-electron chi connectivity index (χ4n) is 2.74. The predicted molar refractivity (Wildman–Crippen MR) is 86.3 cm³/mol. The van der Waals surface area contributed by atoms with Crippen LogP contribution in [0.5, 0.6) is 0 Å². The van der Waals surface area contributed by atoms with Gasteiger partial charge in [0, 0.05) is 12.6 Å². The number of benzene rings is 2. The lowest BCUT2D eigenvalue weighted by atomic mass is 10.0. The van der Waals surface area contributed by atoms with Gasteiger partial charge in [0.15, 0.2) is 0 Å². The van der Waals surface area contributed by atoms with Gasteiger partial charge in [-0.1, -0.05) is 54.6 Å². The number of hydrogen-bond donors (Lipinski definition) is 2. The monoisotopic (exact) mass is 281 g/mol. The van der Waals surface area contributed by atoms with Crippen LogP contribution in [0.15, 0.2) is 54.6 Å². The summed E-state index contributed by atoms with van der Waals surface area (Å²) in [5.41, 5.74) is 4.04. The van der Waals surface area contributed by atoms with Crippen LogP contribution in [0.25, 0.3) is 0 Å².